The Hall–Kier alpha value is -3.26. The lowest BCUT2D eigenvalue weighted by Crippen LogP contribution is -2.36. The number of hydrogen-bond acceptors (Lipinski definition) is 5. The van der Waals surface area contributed by atoms with E-state index in [0.29, 0.717) is 11.1 Å². The molecule has 166 valence electrons. The molecule has 6 nitrogen and oxygen atoms in total. The summed E-state index contributed by atoms with van der Waals surface area (Å²) in [6.45, 7) is -0.0797. The summed E-state index contributed by atoms with van der Waals surface area (Å²) in [5, 5.41) is 23.2. The van der Waals surface area contributed by atoms with E-state index in [4.69, 9.17) is 10.5 Å². The van der Waals surface area contributed by atoms with Crippen molar-refractivity contribution in [3.63, 3.8) is 0 Å². The number of amides is 1. The molecule has 0 bridgehead atoms. The Morgan fingerprint density at radius 3 is 2.28 bits per heavy atom. The molecule has 0 aromatic heterocycles. The zero-order valence-electron chi connectivity index (χ0n) is 17.4. The largest absolute Gasteiger partial charge is 0.449 e. The number of rotatable bonds is 7. The maximum absolute atomic E-state index is 13.4. The quantitative estimate of drug-likeness (QED) is 0.455. The highest BCUT2D eigenvalue weighted by Gasteiger charge is 2.29. The van der Waals surface area contributed by atoms with Gasteiger partial charge in [0.25, 0.3) is 0 Å². The first-order valence-corrected chi connectivity index (χ1v) is 10.4. The van der Waals surface area contributed by atoms with Gasteiger partial charge in [-0.25, -0.2) is 9.18 Å². The van der Waals surface area contributed by atoms with Gasteiger partial charge in [-0.15, -0.1) is 0 Å². The molecular weight excluding hydrogens is 411 g/mol. The van der Waals surface area contributed by atoms with Gasteiger partial charge in [0.1, 0.15) is 24.6 Å². The number of aliphatic hydroxyl groups excluding tert-OH is 2. The van der Waals surface area contributed by atoms with E-state index in [2.05, 4.69) is 17.4 Å². The highest BCUT2D eigenvalue weighted by atomic mass is 19.1. The van der Waals surface area contributed by atoms with E-state index >= 15 is 0 Å². The van der Waals surface area contributed by atoms with Crippen LogP contribution in [0.1, 0.15) is 34.3 Å². The van der Waals surface area contributed by atoms with Gasteiger partial charge in [-0.2, -0.15) is 0 Å². The summed E-state index contributed by atoms with van der Waals surface area (Å²) < 4.78 is 18.8. The average Bonchev–Trinajstić information content (AvgIpc) is 3.14. The van der Waals surface area contributed by atoms with E-state index in [1.807, 2.05) is 36.4 Å². The van der Waals surface area contributed by atoms with E-state index in [-0.39, 0.29) is 25.6 Å². The Labute approximate surface area is 185 Å². The summed E-state index contributed by atoms with van der Waals surface area (Å²) >= 11 is 0. The van der Waals surface area contributed by atoms with Gasteiger partial charge in [0.15, 0.2) is 0 Å². The van der Waals surface area contributed by atoms with E-state index in [1.54, 1.807) is 0 Å². The van der Waals surface area contributed by atoms with Gasteiger partial charge >= 0.3 is 6.09 Å². The summed E-state index contributed by atoms with van der Waals surface area (Å²) in [6.07, 6.45) is -3.34. The van der Waals surface area contributed by atoms with Crippen LogP contribution in [0.4, 0.5) is 9.18 Å². The molecule has 0 radical (unpaired) electrons. The number of alkyl carbamates (subject to hydrolysis) is 1. The number of carbonyl (C=O) groups excluding carboxylic acids is 1. The predicted molar refractivity (Wildman–Crippen MR) is 118 cm³/mol. The van der Waals surface area contributed by atoms with Crippen molar-refractivity contribution in [2.75, 3.05) is 13.2 Å². The number of nitrogens with one attached hydrogen (secondary N) is 1. The zero-order chi connectivity index (χ0) is 22.7. The fourth-order valence-electron chi connectivity index (χ4n) is 4.20. The van der Waals surface area contributed by atoms with Crippen LogP contribution in [0.5, 0.6) is 0 Å². The van der Waals surface area contributed by atoms with E-state index in [0.717, 1.165) is 22.3 Å². The van der Waals surface area contributed by atoms with Gasteiger partial charge < -0.3 is 26.0 Å². The van der Waals surface area contributed by atoms with E-state index in [1.165, 1.54) is 18.2 Å². The molecular formula is C25H25FN2O4. The molecule has 1 aliphatic carbocycles. The van der Waals surface area contributed by atoms with Crippen molar-refractivity contribution in [1.82, 2.24) is 5.32 Å². The maximum Gasteiger partial charge on any atom is 0.407 e. The molecule has 0 fully saturated rings. The molecule has 4 rings (SSSR count). The Balaban J connectivity index is 1.35. The topological polar surface area (TPSA) is 105 Å². The Bertz CT molecular complexity index is 1080. The van der Waals surface area contributed by atoms with E-state index < -0.39 is 24.1 Å². The van der Waals surface area contributed by atoms with Crippen molar-refractivity contribution in [2.45, 2.75) is 24.7 Å². The molecule has 7 heteroatoms. The molecule has 3 aromatic rings. The average molecular weight is 436 g/mol. The van der Waals surface area contributed by atoms with Crippen molar-refractivity contribution < 1.29 is 24.1 Å². The Kier molecular flexibility index (Phi) is 6.50. The Morgan fingerprint density at radius 1 is 1.03 bits per heavy atom. The molecule has 2 unspecified atom stereocenters. The zero-order valence-corrected chi connectivity index (χ0v) is 17.4. The van der Waals surface area contributed by atoms with Gasteiger partial charge in [-0.3, -0.25) is 0 Å². The van der Waals surface area contributed by atoms with Gasteiger partial charge in [-0.05, 0) is 45.5 Å². The normalized spacial score (nSPS) is 14.4. The fourth-order valence-corrected chi connectivity index (χ4v) is 4.20. The highest BCUT2D eigenvalue weighted by Crippen LogP contribution is 2.44. The molecule has 1 aliphatic rings. The molecule has 3 aromatic carbocycles. The number of hydrogen-bond donors (Lipinski definition) is 4. The summed E-state index contributed by atoms with van der Waals surface area (Å²) in [6, 6.07) is 19.8. The van der Waals surface area contributed by atoms with Crippen LogP contribution in [0.3, 0.4) is 0 Å². The van der Waals surface area contributed by atoms with Crippen LogP contribution in [-0.2, 0) is 11.3 Å². The van der Waals surface area contributed by atoms with Crippen molar-refractivity contribution in [1.29, 1.82) is 0 Å². The van der Waals surface area contributed by atoms with Crippen molar-refractivity contribution in [3.8, 4) is 11.1 Å². The number of carbonyl (C=O) groups is 1. The van der Waals surface area contributed by atoms with Crippen molar-refractivity contribution in [3.05, 3.63) is 94.8 Å². The monoisotopic (exact) mass is 436 g/mol. The lowest BCUT2D eigenvalue weighted by Gasteiger charge is -2.21. The molecule has 2 atom stereocenters. The van der Waals surface area contributed by atoms with Crippen LogP contribution in [0.2, 0.25) is 0 Å². The van der Waals surface area contributed by atoms with Gasteiger partial charge in [-0.1, -0.05) is 54.6 Å². The maximum atomic E-state index is 13.4. The first-order valence-electron chi connectivity index (χ1n) is 10.4. The predicted octanol–water partition coefficient (Wildman–Crippen LogP) is 3.22. The highest BCUT2D eigenvalue weighted by molar-refractivity contribution is 5.79. The minimum atomic E-state index is -1.33. The van der Waals surface area contributed by atoms with Gasteiger partial charge in [0.05, 0.1) is 0 Å². The fraction of sp³-hybridized carbons (Fsp3) is 0.240. The lowest BCUT2D eigenvalue weighted by molar-refractivity contribution is 0.0180. The summed E-state index contributed by atoms with van der Waals surface area (Å²) in [5.41, 5.74) is 10.8. The third kappa shape index (κ3) is 4.36. The minimum Gasteiger partial charge on any atom is -0.449 e. The van der Waals surface area contributed by atoms with Crippen molar-refractivity contribution >= 4 is 6.09 Å². The molecule has 32 heavy (non-hydrogen) atoms. The Morgan fingerprint density at radius 2 is 1.66 bits per heavy atom. The lowest BCUT2D eigenvalue weighted by atomic mass is 9.98. The van der Waals surface area contributed by atoms with E-state index in [9.17, 15) is 19.4 Å². The van der Waals surface area contributed by atoms with Crippen LogP contribution in [0.25, 0.3) is 11.1 Å². The number of aliphatic hydroxyl groups is 2. The molecule has 0 saturated carbocycles. The smallest absolute Gasteiger partial charge is 0.407 e. The van der Waals surface area contributed by atoms with Crippen LogP contribution in [-0.4, -0.2) is 35.6 Å². The first kappa shape index (κ1) is 22.0. The van der Waals surface area contributed by atoms with Crippen molar-refractivity contribution in [2.24, 2.45) is 5.73 Å². The number of benzene rings is 3. The third-order valence-electron chi connectivity index (χ3n) is 5.81. The van der Waals surface area contributed by atoms with Crippen LogP contribution in [0.15, 0.2) is 66.7 Å². The standard InChI is InChI=1S/C25H25FN2O4/c26-16-9-10-17(15(11-16)12-27)24(30)23(29)13-28-25(31)32-14-22-20-7-3-1-5-18(20)19-6-2-4-8-21(19)22/h1-11,22-24,29-30H,12-14,27H2,(H,28,31). The summed E-state index contributed by atoms with van der Waals surface area (Å²) in [5.74, 6) is -0.553. The van der Waals surface area contributed by atoms with Crippen LogP contribution >= 0.6 is 0 Å². The third-order valence-corrected chi connectivity index (χ3v) is 5.81. The first-order chi connectivity index (χ1) is 15.5. The minimum absolute atomic E-state index is 0.0106. The molecule has 1 amide bonds. The number of halogens is 1. The number of fused-ring (bicyclic) bond motifs is 3. The molecule has 0 spiro atoms. The number of nitrogens with two attached hydrogens (primary N) is 1. The number of ether oxygens (including phenoxy) is 1. The van der Waals surface area contributed by atoms with Gasteiger partial charge in [0, 0.05) is 19.0 Å². The summed E-state index contributed by atoms with van der Waals surface area (Å²) in [7, 11) is 0. The second kappa shape index (κ2) is 9.48. The van der Waals surface area contributed by atoms with Crippen LogP contribution < -0.4 is 11.1 Å². The van der Waals surface area contributed by atoms with Crippen LogP contribution in [0, 0.1) is 5.82 Å². The second-order valence-electron chi connectivity index (χ2n) is 7.77. The molecule has 5 N–H and O–H groups in total. The van der Waals surface area contributed by atoms with Gasteiger partial charge in [0.2, 0.25) is 0 Å². The molecule has 0 heterocycles. The SMILES string of the molecule is NCc1cc(F)ccc1C(O)C(O)CNC(=O)OCC1c2ccccc2-c2ccccc21. The molecule has 0 saturated heterocycles. The molecule has 0 aliphatic heterocycles. The summed E-state index contributed by atoms with van der Waals surface area (Å²) in [4.78, 5) is 12.3. The second-order valence-corrected chi connectivity index (χ2v) is 7.77.